The largest absolute Gasteiger partial charge is 0.497 e. The molecule has 0 aliphatic heterocycles. The third-order valence-corrected chi connectivity index (χ3v) is 4.10. The number of methoxy groups -OCH3 is 1. The Bertz CT molecular complexity index is 547. The maximum atomic E-state index is 6.20. The Hall–Kier alpha value is -1.16. The van der Waals surface area contributed by atoms with Gasteiger partial charge in [0.05, 0.1) is 7.11 Å². The quantitative estimate of drug-likeness (QED) is 0.842. The predicted octanol–water partition coefficient (Wildman–Crippen LogP) is 4.14. The lowest BCUT2D eigenvalue weighted by Gasteiger charge is -2.13. The minimum absolute atomic E-state index is 0.0286. The van der Waals surface area contributed by atoms with Crippen molar-refractivity contribution in [2.45, 2.75) is 10.9 Å². The second kappa shape index (κ2) is 6.85. The second-order valence-electron chi connectivity index (χ2n) is 4.15. The van der Waals surface area contributed by atoms with Crippen molar-refractivity contribution in [2.75, 3.05) is 12.9 Å². The normalized spacial score (nSPS) is 12.2. The Morgan fingerprint density at radius 3 is 2.74 bits per heavy atom. The van der Waals surface area contributed by atoms with Crippen LogP contribution in [-0.2, 0) is 0 Å². The fourth-order valence-corrected chi connectivity index (χ4v) is 2.92. The number of ether oxygens (including phenoxy) is 1. The molecule has 0 heterocycles. The summed E-state index contributed by atoms with van der Waals surface area (Å²) in [5.74, 6) is 1.63. The fraction of sp³-hybridized carbons (Fsp3) is 0.200. The van der Waals surface area contributed by atoms with Gasteiger partial charge < -0.3 is 10.5 Å². The SMILES string of the molecule is COc1cccc(C(N)CSc2cccc(Cl)c2)c1. The molecule has 100 valence electrons. The Morgan fingerprint density at radius 1 is 1.21 bits per heavy atom. The van der Waals surface area contributed by atoms with Gasteiger partial charge in [-0.15, -0.1) is 11.8 Å². The Labute approximate surface area is 122 Å². The number of rotatable bonds is 5. The van der Waals surface area contributed by atoms with Gasteiger partial charge in [0.25, 0.3) is 0 Å². The molecule has 4 heteroatoms. The molecule has 19 heavy (non-hydrogen) atoms. The number of thioether (sulfide) groups is 1. The molecule has 1 atom stereocenters. The Kier molecular flexibility index (Phi) is 5.14. The minimum Gasteiger partial charge on any atom is -0.497 e. The first kappa shape index (κ1) is 14.3. The monoisotopic (exact) mass is 293 g/mol. The van der Waals surface area contributed by atoms with Gasteiger partial charge in [0.15, 0.2) is 0 Å². The third kappa shape index (κ3) is 4.16. The topological polar surface area (TPSA) is 35.2 Å². The van der Waals surface area contributed by atoms with Gasteiger partial charge in [-0.3, -0.25) is 0 Å². The van der Waals surface area contributed by atoms with E-state index in [1.165, 1.54) is 0 Å². The smallest absolute Gasteiger partial charge is 0.119 e. The van der Waals surface area contributed by atoms with Crippen LogP contribution in [0.15, 0.2) is 53.4 Å². The van der Waals surface area contributed by atoms with Crippen molar-refractivity contribution >= 4 is 23.4 Å². The van der Waals surface area contributed by atoms with Crippen LogP contribution in [0.2, 0.25) is 5.02 Å². The maximum absolute atomic E-state index is 6.20. The number of halogens is 1. The average molecular weight is 294 g/mol. The Morgan fingerprint density at radius 2 is 2.00 bits per heavy atom. The van der Waals surface area contributed by atoms with Crippen molar-refractivity contribution in [3.63, 3.8) is 0 Å². The zero-order chi connectivity index (χ0) is 13.7. The number of hydrogen-bond donors (Lipinski definition) is 1. The Balaban J connectivity index is 1.99. The molecule has 0 aliphatic carbocycles. The predicted molar refractivity (Wildman–Crippen MR) is 82.1 cm³/mol. The molecule has 0 bridgehead atoms. The molecule has 2 N–H and O–H groups in total. The molecule has 1 unspecified atom stereocenters. The molecular formula is C15H16ClNOS. The first-order chi connectivity index (χ1) is 9.19. The van der Waals surface area contributed by atoms with E-state index < -0.39 is 0 Å². The van der Waals surface area contributed by atoms with Crippen LogP contribution in [0.4, 0.5) is 0 Å². The highest BCUT2D eigenvalue weighted by atomic mass is 35.5. The van der Waals surface area contributed by atoms with E-state index in [1.54, 1.807) is 18.9 Å². The summed E-state index contributed by atoms with van der Waals surface area (Å²) in [6.45, 7) is 0. The standard InChI is InChI=1S/C15H16ClNOS/c1-18-13-6-2-4-11(8-13)15(17)10-19-14-7-3-5-12(16)9-14/h2-9,15H,10,17H2,1H3. The summed E-state index contributed by atoms with van der Waals surface area (Å²) in [5.41, 5.74) is 7.27. The molecule has 0 aromatic heterocycles. The highest BCUT2D eigenvalue weighted by Crippen LogP contribution is 2.26. The van der Waals surface area contributed by atoms with E-state index in [0.29, 0.717) is 0 Å². The fourth-order valence-electron chi connectivity index (χ4n) is 1.71. The zero-order valence-electron chi connectivity index (χ0n) is 10.7. The first-order valence-electron chi connectivity index (χ1n) is 5.97. The van der Waals surface area contributed by atoms with Crippen LogP contribution >= 0.6 is 23.4 Å². The van der Waals surface area contributed by atoms with Gasteiger partial charge in [-0.2, -0.15) is 0 Å². The van der Waals surface area contributed by atoms with E-state index in [-0.39, 0.29) is 6.04 Å². The van der Waals surface area contributed by atoms with E-state index in [0.717, 1.165) is 27.0 Å². The van der Waals surface area contributed by atoms with E-state index in [2.05, 4.69) is 0 Å². The second-order valence-corrected chi connectivity index (χ2v) is 5.68. The van der Waals surface area contributed by atoms with Crippen LogP contribution in [0.3, 0.4) is 0 Å². The molecule has 2 aromatic rings. The van der Waals surface area contributed by atoms with Crippen LogP contribution in [0, 0.1) is 0 Å². The zero-order valence-corrected chi connectivity index (χ0v) is 12.2. The van der Waals surface area contributed by atoms with Crippen LogP contribution < -0.4 is 10.5 Å². The molecular weight excluding hydrogens is 278 g/mol. The molecule has 0 saturated heterocycles. The van der Waals surface area contributed by atoms with Gasteiger partial charge in [0.1, 0.15) is 5.75 Å². The van der Waals surface area contributed by atoms with E-state index >= 15 is 0 Å². The summed E-state index contributed by atoms with van der Waals surface area (Å²) in [6, 6.07) is 15.6. The van der Waals surface area contributed by atoms with Crippen LogP contribution in [-0.4, -0.2) is 12.9 Å². The average Bonchev–Trinajstić information content (AvgIpc) is 2.45. The van der Waals surface area contributed by atoms with Gasteiger partial charge in [0.2, 0.25) is 0 Å². The number of nitrogens with two attached hydrogens (primary N) is 1. The molecule has 0 aliphatic rings. The van der Waals surface area contributed by atoms with Gasteiger partial charge in [-0.05, 0) is 35.9 Å². The van der Waals surface area contributed by atoms with Crippen molar-refractivity contribution in [3.8, 4) is 5.75 Å². The van der Waals surface area contributed by atoms with Gasteiger partial charge in [-0.25, -0.2) is 0 Å². The molecule has 2 nitrogen and oxygen atoms in total. The summed E-state index contributed by atoms with van der Waals surface area (Å²) >= 11 is 7.66. The third-order valence-electron chi connectivity index (χ3n) is 2.75. The number of benzene rings is 2. The summed E-state index contributed by atoms with van der Waals surface area (Å²) in [5, 5.41) is 0.750. The maximum Gasteiger partial charge on any atom is 0.119 e. The van der Waals surface area contributed by atoms with Crippen molar-refractivity contribution < 1.29 is 4.74 Å². The van der Waals surface area contributed by atoms with Crippen molar-refractivity contribution in [3.05, 3.63) is 59.1 Å². The number of hydrogen-bond acceptors (Lipinski definition) is 3. The first-order valence-corrected chi connectivity index (χ1v) is 7.33. The van der Waals surface area contributed by atoms with Crippen LogP contribution in [0.5, 0.6) is 5.75 Å². The lowest BCUT2D eigenvalue weighted by atomic mass is 10.1. The highest BCUT2D eigenvalue weighted by molar-refractivity contribution is 7.99. The highest BCUT2D eigenvalue weighted by Gasteiger charge is 2.08. The molecule has 0 saturated carbocycles. The van der Waals surface area contributed by atoms with Crippen molar-refractivity contribution in [2.24, 2.45) is 5.73 Å². The summed E-state index contributed by atoms with van der Waals surface area (Å²) in [7, 11) is 1.66. The summed E-state index contributed by atoms with van der Waals surface area (Å²) in [6.07, 6.45) is 0. The molecule has 0 spiro atoms. The minimum atomic E-state index is -0.0286. The van der Waals surface area contributed by atoms with Crippen molar-refractivity contribution in [1.82, 2.24) is 0 Å². The molecule has 0 fully saturated rings. The summed E-state index contributed by atoms with van der Waals surface area (Å²) < 4.78 is 5.20. The summed E-state index contributed by atoms with van der Waals surface area (Å²) in [4.78, 5) is 1.13. The lowest BCUT2D eigenvalue weighted by Crippen LogP contribution is -2.12. The lowest BCUT2D eigenvalue weighted by molar-refractivity contribution is 0.414. The molecule has 0 radical (unpaired) electrons. The van der Waals surface area contributed by atoms with E-state index in [1.807, 2.05) is 48.5 Å². The van der Waals surface area contributed by atoms with Crippen LogP contribution in [0.25, 0.3) is 0 Å². The van der Waals surface area contributed by atoms with E-state index in [9.17, 15) is 0 Å². The molecule has 2 rings (SSSR count). The van der Waals surface area contributed by atoms with E-state index in [4.69, 9.17) is 22.1 Å². The molecule has 2 aromatic carbocycles. The van der Waals surface area contributed by atoms with Crippen molar-refractivity contribution in [1.29, 1.82) is 0 Å². The van der Waals surface area contributed by atoms with Gasteiger partial charge in [0, 0.05) is 21.7 Å². The molecule has 0 amide bonds. The van der Waals surface area contributed by atoms with Crippen LogP contribution in [0.1, 0.15) is 11.6 Å². The van der Waals surface area contributed by atoms with Gasteiger partial charge >= 0.3 is 0 Å². The van der Waals surface area contributed by atoms with Gasteiger partial charge in [-0.1, -0.05) is 29.8 Å².